The summed E-state index contributed by atoms with van der Waals surface area (Å²) in [4.78, 5) is 25.7. The van der Waals surface area contributed by atoms with Crippen LogP contribution >= 0.6 is 0 Å². The molecule has 54 heavy (non-hydrogen) atoms. The Balaban J connectivity index is 1.18. The van der Waals surface area contributed by atoms with Gasteiger partial charge in [0.1, 0.15) is 24.6 Å². The fraction of sp³-hybridized carbons (Fsp3) is 0.500. The molecule has 7 atom stereocenters. The Labute approximate surface area is 317 Å². The molecule has 0 spiro atoms. The zero-order valence-corrected chi connectivity index (χ0v) is 31.2. The predicted molar refractivity (Wildman–Crippen MR) is 200 cm³/mol. The molecule has 2 saturated heterocycles. The van der Waals surface area contributed by atoms with Crippen LogP contribution < -0.4 is 4.74 Å². The average Bonchev–Trinajstić information content (AvgIpc) is 3.37. The van der Waals surface area contributed by atoms with Gasteiger partial charge in [-0.1, -0.05) is 54.6 Å². The summed E-state index contributed by atoms with van der Waals surface area (Å²) >= 11 is 0. The van der Waals surface area contributed by atoms with Gasteiger partial charge in [-0.15, -0.1) is 0 Å². The highest BCUT2D eigenvalue weighted by Gasteiger charge is 2.46. The van der Waals surface area contributed by atoms with Gasteiger partial charge in [0.25, 0.3) is 0 Å². The van der Waals surface area contributed by atoms with Crippen molar-refractivity contribution < 1.29 is 46.8 Å². The van der Waals surface area contributed by atoms with Crippen LogP contribution in [0.4, 0.5) is 8.78 Å². The van der Waals surface area contributed by atoms with Crippen molar-refractivity contribution >= 4 is 11.9 Å². The largest absolute Gasteiger partial charge is 0.487 e. The SMILES string of the molecule is CC(C)OC(=O)CCCC1CCC2C(/C=C/[C@H](COc3cc(F)ccc3F)OC3CCCCO3)C(OC(=O)c3ccc(-c4ccccc4)cc3)C[C@@H]2OC1. The molecule has 0 N–H and O–H groups in total. The van der Waals surface area contributed by atoms with Crippen molar-refractivity contribution in [3.05, 3.63) is 102 Å². The van der Waals surface area contributed by atoms with E-state index in [1.54, 1.807) is 12.1 Å². The van der Waals surface area contributed by atoms with Crippen LogP contribution in [0.2, 0.25) is 0 Å². The first kappa shape index (κ1) is 39.6. The summed E-state index contributed by atoms with van der Waals surface area (Å²) in [6, 6.07) is 20.5. The molecule has 3 aliphatic rings. The quantitative estimate of drug-likeness (QED) is 0.112. The van der Waals surface area contributed by atoms with Crippen molar-refractivity contribution in [2.45, 2.75) is 102 Å². The van der Waals surface area contributed by atoms with E-state index in [9.17, 15) is 18.4 Å². The van der Waals surface area contributed by atoms with Gasteiger partial charge in [0.2, 0.25) is 0 Å². The maximum atomic E-state index is 14.5. The van der Waals surface area contributed by atoms with Gasteiger partial charge in [0.15, 0.2) is 17.9 Å². The molecule has 3 fully saturated rings. The topological polar surface area (TPSA) is 89.5 Å². The second kappa shape index (κ2) is 19.5. The first-order chi connectivity index (χ1) is 26.2. The molecule has 0 amide bonds. The lowest BCUT2D eigenvalue weighted by molar-refractivity contribution is -0.183. The Bertz CT molecular complexity index is 1670. The van der Waals surface area contributed by atoms with Gasteiger partial charge in [-0.05, 0) is 106 Å². The Morgan fingerprint density at radius 1 is 0.926 bits per heavy atom. The standard InChI is InChI=1S/C44H52F2O8/c1-29(2)52-42(47)12-8-9-30-14-21-36-37(22-20-35(53-43-13-6-7-24-49-43)28-51-41-25-34(45)19-23-38(41)46)40(26-39(36)50-27-30)54-44(48)33-17-15-32(16-18-33)31-10-4-3-5-11-31/h3-5,10-11,15-20,22-23,25,29-30,35-37,39-40,43H,6-9,12-14,21,24,26-28H2,1-2H3/b22-20+/t30?,35-,36?,37?,39+,40?,43?/m1/s1. The van der Waals surface area contributed by atoms with Gasteiger partial charge in [0, 0.05) is 38.0 Å². The number of esters is 2. The molecule has 0 aromatic heterocycles. The molecule has 3 aromatic carbocycles. The molecule has 1 saturated carbocycles. The van der Waals surface area contributed by atoms with Crippen molar-refractivity contribution in [2.75, 3.05) is 19.8 Å². The lowest BCUT2D eigenvalue weighted by Gasteiger charge is -2.27. The molecule has 290 valence electrons. The maximum absolute atomic E-state index is 14.5. The van der Waals surface area contributed by atoms with Gasteiger partial charge in [-0.25, -0.2) is 13.6 Å². The Hall–Kier alpha value is -4.12. The van der Waals surface area contributed by atoms with Crippen LogP contribution in [0, 0.1) is 29.4 Å². The summed E-state index contributed by atoms with van der Waals surface area (Å²) in [5.41, 5.74) is 2.52. The number of halogens is 2. The average molecular weight is 747 g/mol. The molecule has 1 aliphatic carbocycles. The Morgan fingerprint density at radius 2 is 1.72 bits per heavy atom. The molecule has 2 heterocycles. The van der Waals surface area contributed by atoms with Crippen molar-refractivity contribution in [3.63, 3.8) is 0 Å². The van der Waals surface area contributed by atoms with E-state index in [-0.39, 0.29) is 42.4 Å². The van der Waals surface area contributed by atoms with E-state index in [0.717, 1.165) is 67.9 Å². The molecular weight excluding hydrogens is 694 g/mol. The number of hydrogen-bond acceptors (Lipinski definition) is 8. The molecule has 0 radical (unpaired) electrons. The van der Waals surface area contributed by atoms with Gasteiger partial charge in [0.05, 0.1) is 17.8 Å². The number of fused-ring (bicyclic) bond motifs is 1. The third-order valence-corrected chi connectivity index (χ3v) is 10.5. The normalized spacial score (nSPS) is 24.8. The first-order valence-electron chi connectivity index (χ1n) is 19.4. The summed E-state index contributed by atoms with van der Waals surface area (Å²) in [5.74, 6) is -1.91. The minimum atomic E-state index is -0.669. The Morgan fingerprint density at radius 3 is 2.48 bits per heavy atom. The highest BCUT2D eigenvalue weighted by Crippen LogP contribution is 2.44. The molecule has 3 aromatic rings. The van der Waals surface area contributed by atoms with Crippen LogP contribution in [0.25, 0.3) is 11.1 Å². The van der Waals surface area contributed by atoms with E-state index < -0.39 is 36.1 Å². The van der Waals surface area contributed by atoms with Gasteiger partial charge >= 0.3 is 11.9 Å². The third-order valence-electron chi connectivity index (χ3n) is 10.5. The van der Waals surface area contributed by atoms with Crippen LogP contribution in [-0.4, -0.2) is 62.5 Å². The van der Waals surface area contributed by atoms with E-state index >= 15 is 0 Å². The summed E-state index contributed by atoms with van der Waals surface area (Å²) in [6.07, 6.45) is 8.92. The zero-order valence-electron chi connectivity index (χ0n) is 31.2. The fourth-order valence-corrected chi connectivity index (χ4v) is 7.70. The molecule has 6 rings (SSSR count). The van der Waals surface area contributed by atoms with Gasteiger partial charge < -0.3 is 28.4 Å². The highest BCUT2D eigenvalue weighted by atomic mass is 19.1. The van der Waals surface area contributed by atoms with E-state index in [1.165, 1.54) is 0 Å². The van der Waals surface area contributed by atoms with Crippen molar-refractivity contribution in [3.8, 4) is 16.9 Å². The fourth-order valence-electron chi connectivity index (χ4n) is 7.70. The van der Waals surface area contributed by atoms with E-state index in [2.05, 4.69) is 0 Å². The van der Waals surface area contributed by atoms with E-state index in [1.807, 2.05) is 68.5 Å². The smallest absolute Gasteiger partial charge is 0.338 e. The minimum Gasteiger partial charge on any atom is -0.487 e. The van der Waals surface area contributed by atoms with E-state index in [4.69, 9.17) is 28.4 Å². The summed E-state index contributed by atoms with van der Waals surface area (Å²) in [6.45, 7) is 4.77. The second-order valence-electron chi connectivity index (χ2n) is 14.9. The van der Waals surface area contributed by atoms with Crippen molar-refractivity contribution in [2.24, 2.45) is 17.8 Å². The minimum absolute atomic E-state index is 0.0589. The maximum Gasteiger partial charge on any atom is 0.338 e. The lowest BCUT2D eigenvalue weighted by atomic mass is 9.86. The summed E-state index contributed by atoms with van der Waals surface area (Å²) in [5, 5.41) is 0. The number of ether oxygens (including phenoxy) is 6. The van der Waals surface area contributed by atoms with Gasteiger partial charge in [-0.3, -0.25) is 4.79 Å². The zero-order chi connectivity index (χ0) is 37.9. The van der Waals surface area contributed by atoms with Crippen molar-refractivity contribution in [1.82, 2.24) is 0 Å². The number of hydrogen-bond donors (Lipinski definition) is 0. The highest BCUT2D eigenvalue weighted by molar-refractivity contribution is 5.90. The lowest BCUT2D eigenvalue weighted by Crippen LogP contribution is -2.31. The van der Waals surface area contributed by atoms with Crippen LogP contribution in [0.15, 0.2) is 84.9 Å². The van der Waals surface area contributed by atoms with Gasteiger partial charge in [-0.2, -0.15) is 0 Å². The Kier molecular flexibility index (Phi) is 14.3. The second-order valence-corrected chi connectivity index (χ2v) is 14.9. The van der Waals surface area contributed by atoms with Crippen LogP contribution in [0.1, 0.15) is 82.0 Å². The molecule has 0 bridgehead atoms. The monoisotopic (exact) mass is 746 g/mol. The predicted octanol–water partition coefficient (Wildman–Crippen LogP) is 9.26. The van der Waals surface area contributed by atoms with Crippen molar-refractivity contribution in [1.29, 1.82) is 0 Å². The van der Waals surface area contributed by atoms with Crippen LogP contribution in [0.5, 0.6) is 5.75 Å². The van der Waals surface area contributed by atoms with Crippen LogP contribution in [-0.2, 0) is 28.5 Å². The first-order valence-corrected chi connectivity index (χ1v) is 19.4. The molecule has 10 heteroatoms. The third kappa shape index (κ3) is 11.2. The number of benzene rings is 3. The molecule has 2 aliphatic heterocycles. The van der Waals surface area contributed by atoms with E-state index in [0.29, 0.717) is 44.0 Å². The summed E-state index contributed by atoms with van der Waals surface area (Å²) < 4.78 is 64.5. The number of carbonyl (C=O) groups excluding carboxylic acids is 2. The molecule has 5 unspecified atom stereocenters. The number of carbonyl (C=O) groups is 2. The van der Waals surface area contributed by atoms with Crippen LogP contribution in [0.3, 0.4) is 0 Å². The molecule has 8 nitrogen and oxygen atoms in total. The number of rotatable bonds is 15. The summed E-state index contributed by atoms with van der Waals surface area (Å²) in [7, 11) is 0. The molecular formula is C44H52F2O8.